The summed E-state index contributed by atoms with van der Waals surface area (Å²) in [4.78, 5) is 35.8. The van der Waals surface area contributed by atoms with E-state index in [1.165, 1.54) is 26.0 Å². The summed E-state index contributed by atoms with van der Waals surface area (Å²) in [6, 6.07) is 24.1. The number of esters is 2. The molecule has 0 saturated heterocycles. The zero-order valence-electron chi connectivity index (χ0n) is 21.3. The molecular weight excluding hydrogens is 506 g/mol. The summed E-state index contributed by atoms with van der Waals surface area (Å²) in [5, 5.41) is 13.5. The molecule has 3 rings (SSSR count). The van der Waals surface area contributed by atoms with Gasteiger partial charge in [0, 0.05) is 17.0 Å². The Kier molecular flexibility index (Phi) is 11.2. The van der Waals surface area contributed by atoms with E-state index in [1.54, 1.807) is 18.2 Å². The van der Waals surface area contributed by atoms with Crippen molar-refractivity contribution < 1.29 is 33.7 Å². The van der Waals surface area contributed by atoms with Crippen LogP contribution in [-0.2, 0) is 23.9 Å². The molecule has 2 atom stereocenters. The lowest BCUT2D eigenvalue weighted by molar-refractivity contribution is -0.143. The van der Waals surface area contributed by atoms with Gasteiger partial charge in [-0.3, -0.25) is 14.4 Å². The molecule has 3 aromatic carbocycles. The van der Waals surface area contributed by atoms with Gasteiger partial charge in [-0.25, -0.2) is 0 Å². The van der Waals surface area contributed by atoms with Crippen molar-refractivity contribution in [1.82, 2.24) is 0 Å². The molecule has 0 heterocycles. The summed E-state index contributed by atoms with van der Waals surface area (Å²) in [6.45, 7) is 0. The number of nitrogens with one attached hydrogen (secondary N) is 1. The first kappa shape index (κ1) is 28.7. The third kappa shape index (κ3) is 9.24. The Bertz CT molecular complexity index is 1200. The summed E-state index contributed by atoms with van der Waals surface area (Å²) in [5.41, 5.74) is 1.40. The number of anilines is 1. The maximum Gasteiger partial charge on any atom is 0.315 e. The highest BCUT2D eigenvalue weighted by Gasteiger charge is 2.23. The fraction of sp³-hybridized carbons (Fsp3) is 0.276. The fourth-order valence-electron chi connectivity index (χ4n) is 3.63. The number of rotatable bonds is 13. The van der Waals surface area contributed by atoms with Gasteiger partial charge in [0.1, 0.15) is 17.9 Å². The van der Waals surface area contributed by atoms with Crippen LogP contribution in [0, 0.1) is 0 Å². The third-order valence-electron chi connectivity index (χ3n) is 5.56. The van der Waals surface area contributed by atoms with E-state index < -0.39 is 18.0 Å². The second-order valence-corrected chi connectivity index (χ2v) is 9.60. The number of benzene rings is 3. The number of amides is 1. The molecule has 2 N–H and O–H groups in total. The van der Waals surface area contributed by atoms with Gasteiger partial charge in [0.05, 0.1) is 25.6 Å². The second kappa shape index (κ2) is 14.8. The van der Waals surface area contributed by atoms with Gasteiger partial charge in [0.25, 0.3) is 0 Å². The molecule has 0 spiro atoms. The van der Waals surface area contributed by atoms with E-state index in [4.69, 9.17) is 9.47 Å². The van der Waals surface area contributed by atoms with Crippen molar-refractivity contribution in [2.45, 2.75) is 41.9 Å². The number of para-hydroxylation sites is 1. The smallest absolute Gasteiger partial charge is 0.315 e. The summed E-state index contributed by atoms with van der Waals surface area (Å²) < 4.78 is 15.1. The van der Waals surface area contributed by atoms with Crippen molar-refractivity contribution in [1.29, 1.82) is 0 Å². The average Bonchev–Trinajstić information content (AvgIpc) is 2.92. The normalized spacial score (nSPS) is 12.2. The summed E-state index contributed by atoms with van der Waals surface area (Å²) in [6.07, 6.45) is -0.0550. The number of aliphatic hydroxyl groups excluding tert-OH is 1. The van der Waals surface area contributed by atoms with Crippen molar-refractivity contribution in [2.75, 3.05) is 19.5 Å². The minimum absolute atomic E-state index is 0.219. The van der Waals surface area contributed by atoms with Gasteiger partial charge in [-0.05, 0) is 60.9 Å². The van der Waals surface area contributed by atoms with Crippen molar-refractivity contribution >= 4 is 35.3 Å². The number of carbonyl (C=O) groups is 3. The van der Waals surface area contributed by atoms with Crippen LogP contribution in [0.5, 0.6) is 11.5 Å². The van der Waals surface area contributed by atoms with Crippen molar-refractivity contribution in [2.24, 2.45) is 0 Å². The molecular formula is C29H31NO7S. The van der Waals surface area contributed by atoms with E-state index in [2.05, 4.69) is 10.1 Å². The van der Waals surface area contributed by atoms with Crippen molar-refractivity contribution in [3.05, 3.63) is 84.4 Å². The Hall–Kier alpha value is -3.82. The SMILES string of the molecule is COC(=O)CCCC(O)C(Sc1cccc(NC(=O)CC(=O)OC)c1)c1ccc(Oc2ccccc2)cc1. The Morgan fingerprint density at radius 2 is 1.55 bits per heavy atom. The number of ether oxygens (including phenoxy) is 3. The molecule has 200 valence electrons. The van der Waals surface area contributed by atoms with Crippen LogP contribution >= 0.6 is 11.8 Å². The van der Waals surface area contributed by atoms with Crippen LogP contribution < -0.4 is 10.1 Å². The van der Waals surface area contributed by atoms with Crippen LogP contribution in [0.2, 0.25) is 0 Å². The minimum Gasteiger partial charge on any atom is -0.469 e. The first-order valence-corrected chi connectivity index (χ1v) is 13.0. The minimum atomic E-state index is -0.761. The number of thioether (sulfide) groups is 1. The van der Waals surface area contributed by atoms with E-state index in [-0.39, 0.29) is 24.1 Å². The molecule has 9 heteroatoms. The summed E-state index contributed by atoms with van der Waals surface area (Å²) in [7, 11) is 2.57. The van der Waals surface area contributed by atoms with Crippen LogP contribution in [0.4, 0.5) is 5.69 Å². The maximum absolute atomic E-state index is 12.1. The highest BCUT2D eigenvalue weighted by Crippen LogP contribution is 2.40. The quantitative estimate of drug-likeness (QED) is 0.167. The molecule has 38 heavy (non-hydrogen) atoms. The van der Waals surface area contributed by atoms with Gasteiger partial charge in [0.2, 0.25) is 5.91 Å². The molecule has 0 aliphatic heterocycles. The third-order valence-corrected chi connectivity index (χ3v) is 6.93. The number of carbonyl (C=O) groups excluding carboxylic acids is 3. The Labute approximate surface area is 226 Å². The van der Waals surface area contributed by atoms with E-state index in [9.17, 15) is 19.5 Å². The molecule has 1 amide bonds. The highest BCUT2D eigenvalue weighted by molar-refractivity contribution is 7.99. The number of aliphatic hydroxyl groups is 1. The highest BCUT2D eigenvalue weighted by atomic mass is 32.2. The first-order chi connectivity index (χ1) is 18.4. The summed E-state index contributed by atoms with van der Waals surface area (Å²) in [5.74, 6) is -0.0336. The van der Waals surface area contributed by atoms with E-state index >= 15 is 0 Å². The molecule has 3 aromatic rings. The van der Waals surface area contributed by atoms with E-state index in [1.807, 2.05) is 60.7 Å². The van der Waals surface area contributed by atoms with Gasteiger partial charge in [0.15, 0.2) is 0 Å². The molecule has 0 radical (unpaired) electrons. The average molecular weight is 538 g/mol. The van der Waals surface area contributed by atoms with Crippen LogP contribution in [-0.4, -0.2) is 43.3 Å². The first-order valence-electron chi connectivity index (χ1n) is 12.1. The van der Waals surface area contributed by atoms with Crippen LogP contribution in [0.3, 0.4) is 0 Å². The second-order valence-electron chi connectivity index (χ2n) is 8.39. The lowest BCUT2D eigenvalue weighted by Gasteiger charge is -2.23. The van der Waals surface area contributed by atoms with Crippen LogP contribution in [0.25, 0.3) is 0 Å². The molecule has 0 aliphatic carbocycles. The largest absolute Gasteiger partial charge is 0.469 e. The predicted octanol–water partition coefficient (Wildman–Crippen LogP) is 5.52. The number of hydrogen-bond acceptors (Lipinski definition) is 8. The monoisotopic (exact) mass is 537 g/mol. The van der Waals surface area contributed by atoms with Gasteiger partial charge in [-0.2, -0.15) is 0 Å². The van der Waals surface area contributed by atoms with Crippen LogP contribution in [0.15, 0.2) is 83.8 Å². The predicted molar refractivity (Wildman–Crippen MR) is 145 cm³/mol. The van der Waals surface area contributed by atoms with Crippen LogP contribution in [0.1, 0.15) is 36.5 Å². The molecule has 0 fully saturated rings. The maximum atomic E-state index is 12.1. The van der Waals surface area contributed by atoms with Crippen molar-refractivity contribution in [3.8, 4) is 11.5 Å². The number of hydrogen-bond donors (Lipinski definition) is 2. The molecule has 0 saturated carbocycles. The topological polar surface area (TPSA) is 111 Å². The lowest BCUT2D eigenvalue weighted by Crippen LogP contribution is -2.17. The van der Waals surface area contributed by atoms with E-state index in [0.29, 0.717) is 24.3 Å². The molecule has 0 aliphatic rings. The fourth-order valence-corrected chi connectivity index (χ4v) is 4.86. The standard InChI is InChI=1S/C29H31NO7S/c1-35-27(33)13-7-12-25(31)29(20-14-16-23(17-15-20)37-22-9-4-3-5-10-22)38-24-11-6-8-21(18-24)30-26(32)19-28(34)36-2/h3-6,8-11,14-18,25,29,31H,7,12-13,19H2,1-2H3,(H,30,32). The van der Waals surface area contributed by atoms with E-state index in [0.717, 1.165) is 16.2 Å². The molecule has 0 aromatic heterocycles. The Balaban J connectivity index is 1.76. The summed E-state index contributed by atoms with van der Waals surface area (Å²) >= 11 is 1.43. The Morgan fingerprint density at radius 3 is 2.24 bits per heavy atom. The zero-order valence-corrected chi connectivity index (χ0v) is 22.1. The van der Waals surface area contributed by atoms with Gasteiger partial charge >= 0.3 is 11.9 Å². The molecule has 2 unspecified atom stereocenters. The number of methoxy groups -OCH3 is 2. The van der Waals surface area contributed by atoms with Gasteiger partial charge < -0.3 is 24.6 Å². The molecule has 8 nitrogen and oxygen atoms in total. The molecule has 0 bridgehead atoms. The van der Waals surface area contributed by atoms with Crippen molar-refractivity contribution in [3.63, 3.8) is 0 Å². The zero-order chi connectivity index (χ0) is 27.3. The lowest BCUT2D eigenvalue weighted by atomic mass is 10.0. The Morgan fingerprint density at radius 1 is 0.868 bits per heavy atom. The van der Waals surface area contributed by atoms with Gasteiger partial charge in [-0.1, -0.05) is 36.4 Å². The van der Waals surface area contributed by atoms with Gasteiger partial charge in [-0.15, -0.1) is 11.8 Å².